The molecule has 0 aliphatic heterocycles. The fourth-order valence-corrected chi connectivity index (χ4v) is 3.14. The third-order valence-electron chi connectivity index (χ3n) is 3.38. The summed E-state index contributed by atoms with van der Waals surface area (Å²) in [6.45, 7) is 5.66. The molecule has 16 heavy (non-hydrogen) atoms. The average molecular weight is 257 g/mol. The van der Waals surface area contributed by atoms with Gasteiger partial charge in [-0.3, -0.25) is 4.79 Å². The van der Waals surface area contributed by atoms with Gasteiger partial charge in [-0.2, -0.15) is 0 Å². The molecule has 0 bridgehead atoms. The Morgan fingerprint density at radius 1 is 1.25 bits per heavy atom. The van der Waals surface area contributed by atoms with Crippen molar-refractivity contribution in [1.82, 2.24) is 0 Å². The topological polar surface area (TPSA) is 17.1 Å². The normalized spacial score (nSPS) is 26.6. The van der Waals surface area contributed by atoms with E-state index in [-0.39, 0.29) is 17.6 Å². The van der Waals surface area contributed by atoms with Crippen LogP contribution in [0.15, 0.2) is 18.2 Å². The van der Waals surface area contributed by atoms with Crippen molar-refractivity contribution in [3.63, 3.8) is 0 Å². The van der Waals surface area contributed by atoms with Gasteiger partial charge in [0.05, 0.1) is 5.92 Å². The molecule has 2 rings (SSSR count). The number of benzene rings is 1. The average Bonchev–Trinajstić information content (AvgIpc) is 2.74. The van der Waals surface area contributed by atoms with Gasteiger partial charge in [-0.05, 0) is 37.5 Å². The van der Waals surface area contributed by atoms with Crippen LogP contribution in [0.25, 0.3) is 0 Å². The summed E-state index contributed by atoms with van der Waals surface area (Å²) < 4.78 is -0.909. The highest BCUT2D eigenvalue weighted by Crippen LogP contribution is 2.65. The zero-order valence-electron chi connectivity index (χ0n) is 9.55. The largest absolute Gasteiger partial charge is 0.300 e. The monoisotopic (exact) mass is 256 g/mol. The number of alkyl halides is 2. The molecule has 1 aliphatic carbocycles. The van der Waals surface area contributed by atoms with E-state index in [9.17, 15) is 4.79 Å². The highest BCUT2D eigenvalue weighted by atomic mass is 35.5. The van der Waals surface area contributed by atoms with E-state index in [4.69, 9.17) is 23.2 Å². The van der Waals surface area contributed by atoms with E-state index < -0.39 is 4.33 Å². The molecule has 3 heteroatoms. The molecule has 2 atom stereocenters. The third-order valence-corrected chi connectivity index (χ3v) is 4.32. The number of aryl methyl sites for hydroxylation is 2. The number of halogens is 2. The molecule has 1 aliphatic rings. The minimum atomic E-state index is -0.909. The highest BCUT2D eigenvalue weighted by Gasteiger charge is 2.66. The predicted molar refractivity (Wildman–Crippen MR) is 67.3 cm³/mol. The fourth-order valence-electron chi connectivity index (χ4n) is 2.21. The van der Waals surface area contributed by atoms with Crippen LogP contribution in [0.4, 0.5) is 0 Å². The molecule has 0 radical (unpaired) electrons. The first-order chi connectivity index (χ1) is 7.35. The lowest BCUT2D eigenvalue weighted by Crippen LogP contribution is -1.99. The zero-order valence-corrected chi connectivity index (χ0v) is 11.1. The second-order valence-corrected chi connectivity index (χ2v) is 6.03. The second-order valence-electron chi connectivity index (χ2n) is 4.58. The van der Waals surface area contributed by atoms with Gasteiger partial charge in [0.15, 0.2) is 0 Å². The molecular weight excluding hydrogens is 243 g/mol. The summed E-state index contributed by atoms with van der Waals surface area (Å²) in [6, 6.07) is 6.13. The van der Waals surface area contributed by atoms with E-state index in [0.29, 0.717) is 0 Å². The fraction of sp³-hybridized carbons (Fsp3) is 0.462. The van der Waals surface area contributed by atoms with Crippen LogP contribution in [0.2, 0.25) is 0 Å². The van der Waals surface area contributed by atoms with Crippen LogP contribution in [-0.2, 0) is 4.79 Å². The highest BCUT2D eigenvalue weighted by molar-refractivity contribution is 6.53. The van der Waals surface area contributed by atoms with Gasteiger partial charge in [-0.1, -0.05) is 18.2 Å². The van der Waals surface area contributed by atoms with Crippen molar-refractivity contribution in [3.8, 4) is 0 Å². The summed E-state index contributed by atoms with van der Waals surface area (Å²) in [5, 5.41) is 0. The number of hydrogen-bond donors (Lipinski definition) is 0. The van der Waals surface area contributed by atoms with Crippen molar-refractivity contribution in [1.29, 1.82) is 0 Å². The molecular formula is C13H14Cl2O. The van der Waals surface area contributed by atoms with Crippen molar-refractivity contribution in [3.05, 3.63) is 34.9 Å². The van der Waals surface area contributed by atoms with Crippen LogP contribution < -0.4 is 0 Å². The molecule has 0 aromatic heterocycles. The Bertz CT molecular complexity index is 451. The molecule has 86 valence electrons. The van der Waals surface area contributed by atoms with E-state index in [2.05, 4.69) is 13.0 Å². The summed E-state index contributed by atoms with van der Waals surface area (Å²) in [4.78, 5) is 11.4. The zero-order chi connectivity index (χ0) is 12.1. The van der Waals surface area contributed by atoms with Crippen molar-refractivity contribution < 1.29 is 4.79 Å². The van der Waals surface area contributed by atoms with Crippen LogP contribution in [0.3, 0.4) is 0 Å². The van der Waals surface area contributed by atoms with E-state index in [1.54, 1.807) is 6.92 Å². The molecule has 2 unspecified atom stereocenters. The minimum Gasteiger partial charge on any atom is -0.300 e. The van der Waals surface area contributed by atoms with Crippen LogP contribution in [-0.4, -0.2) is 10.1 Å². The van der Waals surface area contributed by atoms with Gasteiger partial charge < -0.3 is 0 Å². The summed E-state index contributed by atoms with van der Waals surface area (Å²) in [5.74, 6) is -0.237. The minimum absolute atomic E-state index is 0.0485. The standard InChI is InChI=1S/C13H14Cl2O/c1-7-4-5-10(6-8(7)2)12-11(9(3)16)13(12,14)15/h4-6,11-12H,1-3H3. The van der Waals surface area contributed by atoms with Gasteiger partial charge in [0.25, 0.3) is 0 Å². The van der Waals surface area contributed by atoms with Crippen molar-refractivity contribution in [2.75, 3.05) is 0 Å². The van der Waals surface area contributed by atoms with Crippen LogP contribution in [0, 0.1) is 19.8 Å². The molecule has 1 fully saturated rings. The maximum Gasteiger partial charge on any atom is 0.136 e. The molecule has 1 saturated carbocycles. The van der Waals surface area contributed by atoms with E-state index >= 15 is 0 Å². The first kappa shape index (κ1) is 11.9. The summed E-state index contributed by atoms with van der Waals surface area (Å²) >= 11 is 12.3. The number of rotatable bonds is 2. The molecule has 0 N–H and O–H groups in total. The van der Waals surface area contributed by atoms with E-state index in [0.717, 1.165) is 5.56 Å². The van der Waals surface area contributed by atoms with Crippen LogP contribution in [0.5, 0.6) is 0 Å². The summed E-state index contributed by atoms with van der Waals surface area (Å²) in [6.07, 6.45) is 0. The Kier molecular flexibility index (Phi) is 2.80. The maximum atomic E-state index is 11.4. The Balaban J connectivity index is 2.33. The molecule has 1 aromatic carbocycles. The first-order valence-electron chi connectivity index (χ1n) is 5.31. The lowest BCUT2D eigenvalue weighted by molar-refractivity contribution is -0.118. The lowest BCUT2D eigenvalue weighted by Gasteiger charge is -2.04. The molecule has 0 saturated heterocycles. The van der Waals surface area contributed by atoms with E-state index in [1.807, 2.05) is 19.1 Å². The molecule has 0 heterocycles. The quantitative estimate of drug-likeness (QED) is 0.737. The van der Waals surface area contributed by atoms with Crippen molar-refractivity contribution in [2.24, 2.45) is 5.92 Å². The Morgan fingerprint density at radius 3 is 2.31 bits per heavy atom. The van der Waals surface area contributed by atoms with Gasteiger partial charge >= 0.3 is 0 Å². The van der Waals surface area contributed by atoms with Gasteiger partial charge in [0.2, 0.25) is 0 Å². The Hall–Kier alpha value is -0.530. The summed E-state index contributed by atoms with van der Waals surface area (Å²) in [7, 11) is 0. The van der Waals surface area contributed by atoms with Crippen LogP contribution >= 0.6 is 23.2 Å². The Labute approximate surface area is 106 Å². The van der Waals surface area contributed by atoms with Crippen molar-refractivity contribution >= 4 is 29.0 Å². The van der Waals surface area contributed by atoms with Gasteiger partial charge in [0.1, 0.15) is 10.1 Å². The number of ketones is 1. The number of carbonyl (C=O) groups excluding carboxylic acids is 1. The number of Topliss-reactive ketones (excluding diaryl/α,β-unsaturated/α-hetero) is 1. The molecule has 0 amide bonds. The lowest BCUT2D eigenvalue weighted by atomic mass is 10.0. The van der Waals surface area contributed by atoms with Gasteiger partial charge in [-0.15, -0.1) is 23.2 Å². The molecule has 1 nitrogen and oxygen atoms in total. The SMILES string of the molecule is CC(=O)C1C(c2ccc(C)c(C)c2)C1(Cl)Cl. The molecule has 1 aromatic rings. The maximum absolute atomic E-state index is 11.4. The van der Waals surface area contributed by atoms with Gasteiger partial charge in [0, 0.05) is 5.92 Å². The smallest absolute Gasteiger partial charge is 0.136 e. The number of carbonyl (C=O) groups is 1. The predicted octanol–water partition coefficient (Wildman–Crippen LogP) is 3.78. The molecule has 0 spiro atoms. The van der Waals surface area contributed by atoms with E-state index in [1.165, 1.54) is 11.1 Å². The van der Waals surface area contributed by atoms with Crippen molar-refractivity contribution in [2.45, 2.75) is 31.0 Å². The second kappa shape index (κ2) is 3.75. The van der Waals surface area contributed by atoms with Crippen LogP contribution in [0.1, 0.15) is 29.5 Å². The van der Waals surface area contributed by atoms with Gasteiger partial charge in [-0.25, -0.2) is 0 Å². The first-order valence-corrected chi connectivity index (χ1v) is 6.06. The summed E-state index contributed by atoms with van der Waals surface area (Å²) in [5.41, 5.74) is 3.50. The Morgan fingerprint density at radius 2 is 1.88 bits per heavy atom. The number of hydrogen-bond acceptors (Lipinski definition) is 1. The third kappa shape index (κ3) is 1.76.